The Kier molecular flexibility index (Phi) is 5.15. The minimum atomic E-state index is -3.56. The molecule has 2 heterocycles. The number of aliphatic hydroxyl groups is 1. The molecule has 20 heavy (non-hydrogen) atoms. The second-order valence-electron chi connectivity index (χ2n) is 4.45. The Morgan fingerprint density at radius 1 is 1.30 bits per heavy atom. The van der Waals surface area contributed by atoms with E-state index in [0.717, 1.165) is 11.4 Å². The summed E-state index contributed by atoms with van der Waals surface area (Å²) in [6.45, 7) is 2.85. The van der Waals surface area contributed by atoms with Crippen LogP contribution < -0.4 is 5.14 Å². The van der Waals surface area contributed by atoms with Gasteiger partial charge in [-0.1, -0.05) is 11.8 Å². The molecule has 0 aromatic carbocycles. The first kappa shape index (κ1) is 15.4. The predicted molar refractivity (Wildman–Crippen MR) is 78.2 cm³/mol. The molecular formula is C12H17N3O3S2. The summed E-state index contributed by atoms with van der Waals surface area (Å²) in [5.41, 5.74) is 0. The van der Waals surface area contributed by atoms with Gasteiger partial charge in [-0.3, -0.25) is 4.90 Å². The first-order chi connectivity index (χ1) is 9.49. The molecule has 0 atom stereocenters. The largest absolute Gasteiger partial charge is 0.384 e. The molecule has 3 N–H and O–H groups in total. The maximum absolute atomic E-state index is 11.2. The van der Waals surface area contributed by atoms with Gasteiger partial charge < -0.3 is 5.11 Å². The number of hydrogen-bond donors (Lipinski definition) is 2. The van der Waals surface area contributed by atoms with E-state index in [4.69, 9.17) is 10.2 Å². The first-order valence-corrected chi connectivity index (χ1v) is 8.49. The Bertz CT molecular complexity index is 607. The molecule has 6 nitrogen and oxygen atoms in total. The van der Waals surface area contributed by atoms with Crippen LogP contribution in [0, 0.1) is 11.8 Å². The van der Waals surface area contributed by atoms with Gasteiger partial charge in [0, 0.05) is 37.6 Å². The standard InChI is InChI=1S/C12H17N3O3S2/c13-20(17,18)15-7-5-14(6-8-15)10-12-4-3-11(19-12)2-1-9-16/h3-4,16H,5-10H2,(H2,13,17,18). The van der Waals surface area contributed by atoms with Crippen molar-refractivity contribution in [1.29, 1.82) is 0 Å². The first-order valence-electron chi connectivity index (χ1n) is 6.18. The van der Waals surface area contributed by atoms with Crippen LogP contribution in [-0.2, 0) is 16.8 Å². The summed E-state index contributed by atoms with van der Waals surface area (Å²) < 4.78 is 23.7. The summed E-state index contributed by atoms with van der Waals surface area (Å²) in [4.78, 5) is 4.30. The van der Waals surface area contributed by atoms with Gasteiger partial charge in [-0.15, -0.1) is 11.3 Å². The van der Waals surface area contributed by atoms with Crippen LogP contribution in [0.5, 0.6) is 0 Å². The molecule has 2 rings (SSSR count). The Labute approximate surface area is 123 Å². The molecule has 0 radical (unpaired) electrons. The highest BCUT2D eigenvalue weighted by Gasteiger charge is 2.23. The molecule has 0 aliphatic carbocycles. The van der Waals surface area contributed by atoms with Crippen LogP contribution in [0.15, 0.2) is 12.1 Å². The molecule has 0 unspecified atom stereocenters. The van der Waals surface area contributed by atoms with Gasteiger partial charge in [-0.05, 0) is 12.1 Å². The molecule has 0 bridgehead atoms. The van der Waals surface area contributed by atoms with Crippen molar-refractivity contribution >= 4 is 21.5 Å². The van der Waals surface area contributed by atoms with E-state index in [0.29, 0.717) is 26.2 Å². The van der Waals surface area contributed by atoms with Crippen molar-refractivity contribution in [2.45, 2.75) is 6.54 Å². The van der Waals surface area contributed by atoms with E-state index in [2.05, 4.69) is 16.7 Å². The molecule has 0 spiro atoms. The maximum Gasteiger partial charge on any atom is 0.276 e. The molecule has 110 valence electrons. The zero-order chi connectivity index (χ0) is 14.6. The van der Waals surface area contributed by atoms with E-state index in [-0.39, 0.29) is 6.61 Å². The van der Waals surface area contributed by atoms with Crippen molar-refractivity contribution in [3.05, 3.63) is 21.9 Å². The lowest BCUT2D eigenvalue weighted by atomic mass is 10.3. The monoisotopic (exact) mass is 315 g/mol. The van der Waals surface area contributed by atoms with Crippen molar-refractivity contribution < 1.29 is 13.5 Å². The van der Waals surface area contributed by atoms with Gasteiger partial charge >= 0.3 is 0 Å². The summed E-state index contributed by atoms with van der Waals surface area (Å²) in [5, 5.41) is 13.7. The molecular weight excluding hydrogens is 298 g/mol. The summed E-state index contributed by atoms with van der Waals surface area (Å²) in [6.07, 6.45) is 0. The Morgan fingerprint density at radius 2 is 2.00 bits per heavy atom. The lowest BCUT2D eigenvalue weighted by Crippen LogP contribution is -2.50. The zero-order valence-corrected chi connectivity index (χ0v) is 12.6. The van der Waals surface area contributed by atoms with Crippen LogP contribution in [0.1, 0.15) is 9.75 Å². The summed E-state index contributed by atoms with van der Waals surface area (Å²) in [6, 6.07) is 3.95. The van der Waals surface area contributed by atoms with Crippen LogP contribution in [0.25, 0.3) is 0 Å². The third kappa shape index (κ3) is 4.28. The van der Waals surface area contributed by atoms with Crippen LogP contribution in [-0.4, -0.2) is 55.5 Å². The van der Waals surface area contributed by atoms with Crippen molar-refractivity contribution in [2.24, 2.45) is 5.14 Å². The van der Waals surface area contributed by atoms with Gasteiger partial charge in [-0.25, -0.2) is 5.14 Å². The minimum absolute atomic E-state index is 0.136. The fraction of sp³-hybridized carbons (Fsp3) is 0.500. The Balaban J connectivity index is 1.88. The molecule has 1 aliphatic heterocycles. The average molecular weight is 315 g/mol. The second-order valence-corrected chi connectivity index (χ2v) is 7.16. The second kappa shape index (κ2) is 6.67. The number of nitrogens with two attached hydrogens (primary N) is 1. The number of piperazine rings is 1. The van der Waals surface area contributed by atoms with E-state index in [1.807, 2.05) is 12.1 Å². The number of rotatable bonds is 3. The van der Waals surface area contributed by atoms with Crippen molar-refractivity contribution in [3.63, 3.8) is 0 Å². The molecule has 1 saturated heterocycles. The maximum atomic E-state index is 11.2. The summed E-state index contributed by atoms with van der Waals surface area (Å²) in [7, 11) is -3.56. The lowest BCUT2D eigenvalue weighted by Gasteiger charge is -2.32. The third-order valence-electron chi connectivity index (χ3n) is 3.02. The van der Waals surface area contributed by atoms with E-state index >= 15 is 0 Å². The topological polar surface area (TPSA) is 86.9 Å². The smallest absolute Gasteiger partial charge is 0.276 e. The fourth-order valence-corrected chi connectivity index (χ4v) is 3.62. The van der Waals surface area contributed by atoms with Crippen molar-refractivity contribution in [2.75, 3.05) is 32.8 Å². The highest BCUT2D eigenvalue weighted by Crippen LogP contribution is 2.18. The van der Waals surface area contributed by atoms with Crippen LogP contribution in [0.3, 0.4) is 0 Å². The van der Waals surface area contributed by atoms with E-state index < -0.39 is 10.2 Å². The SMILES string of the molecule is NS(=O)(=O)N1CCN(Cc2ccc(C#CCO)s2)CC1. The normalized spacial score (nSPS) is 17.7. The van der Waals surface area contributed by atoms with Crippen molar-refractivity contribution in [3.8, 4) is 11.8 Å². The predicted octanol–water partition coefficient (Wildman–Crippen LogP) is -0.587. The van der Waals surface area contributed by atoms with Gasteiger partial charge in [0.2, 0.25) is 0 Å². The number of hydrogen-bond acceptors (Lipinski definition) is 5. The quantitative estimate of drug-likeness (QED) is 0.730. The third-order valence-corrected chi connectivity index (χ3v) is 5.09. The van der Waals surface area contributed by atoms with Gasteiger partial charge in [0.05, 0.1) is 4.88 Å². The molecule has 8 heteroatoms. The number of aliphatic hydroxyl groups excluding tert-OH is 1. The van der Waals surface area contributed by atoms with Crippen LogP contribution >= 0.6 is 11.3 Å². The number of nitrogens with zero attached hydrogens (tertiary/aromatic N) is 2. The highest BCUT2D eigenvalue weighted by molar-refractivity contribution is 7.86. The minimum Gasteiger partial charge on any atom is -0.384 e. The van der Waals surface area contributed by atoms with Crippen LogP contribution in [0.4, 0.5) is 0 Å². The van der Waals surface area contributed by atoms with E-state index in [9.17, 15) is 8.42 Å². The Morgan fingerprint density at radius 3 is 2.60 bits per heavy atom. The highest BCUT2D eigenvalue weighted by atomic mass is 32.2. The molecule has 0 amide bonds. The van der Waals surface area contributed by atoms with E-state index in [1.165, 1.54) is 9.18 Å². The molecule has 1 fully saturated rings. The van der Waals surface area contributed by atoms with Crippen LogP contribution in [0.2, 0.25) is 0 Å². The summed E-state index contributed by atoms with van der Waals surface area (Å²) >= 11 is 1.59. The van der Waals surface area contributed by atoms with Crippen molar-refractivity contribution in [1.82, 2.24) is 9.21 Å². The molecule has 0 saturated carbocycles. The molecule has 1 aliphatic rings. The van der Waals surface area contributed by atoms with Gasteiger partial charge in [-0.2, -0.15) is 12.7 Å². The summed E-state index contributed by atoms with van der Waals surface area (Å²) in [5.74, 6) is 5.49. The Hall–Kier alpha value is -0.950. The lowest BCUT2D eigenvalue weighted by molar-refractivity contribution is 0.183. The zero-order valence-electron chi connectivity index (χ0n) is 10.9. The van der Waals surface area contributed by atoms with Gasteiger partial charge in [0.1, 0.15) is 6.61 Å². The molecule has 1 aromatic rings. The van der Waals surface area contributed by atoms with E-state index in [1.54, 1.807) is 11.3 Å². The molecule has 1 aromatic heterocycles. The fourth-order valence-electron chi connectivity index (χ4n) is 2.02. The number of thiophene rings is 1. The van der Waals surface area contributed by atoms with Gasteiger partial charge in [0.25, 0.3) is 10.2 Å². The average Bonchev–Trinajstić information content (AvgIpc) is 2.83. The van der Waals surface area contributed by atoms with Gasteiger partial charge in [0.15, 0.2) is 0 Å².